The molecule has 16 heavy (non-hydrogen) atoms. The van der Waals surface area contributed by atoms with Crippen LogP contribution in [0.25, 0.3) is 0 Å². The largest absolute Gasteiger partial charge is 0.320 e. The molecule has 3 nitrogen and oxygen atoms in total. The van der Waals surface area contributed by atoms with Gasteiger partial charge in [0.25, 0.3) is 0 Å². The Morgan fingerprint density at radius 2 is 2.19 bits per heavy atom. The second-order valence-electron chi connectivity index (χ2n) is 3.93. The van der Waals surface area contributed by atoms with Crippen LogP contribution in [0.2, 0.25) is 0 Å². The Morgan fingerprint density at radius 1 is 1.44 bits per heavy atom. The Hall–Kier alpha value is -1.68. The summed E-state index contributed by atoms with van der Waals surface area (Å²) in [5, 5.41) is 4.07. The van der Waals surface area contributed by atoms with Crippen LogP contribution in [-0.4, -0.2) is 9.78 Å². The molecule has 0 saturated heterocycles. The number of hydrogen-bond acceptors (Lipinski definition) is 2. The highest BCUT2D eigenvalue weighted by atomic mass is 19.1. The molecule has 2 N–H and O–H groups in total. The van der Waals surface area contributed by atoms with Crippen molar-refractivity contribution in [3.63, 3.8) is 0 Å². The van der Waals surface area contributed by atoms with E-state index >= 15 is 0 Å². The number of benzene rings is 1. The second-order valence-corrected chi connectivity index (χ2v) is 3.93. The molecule has 0 aliphatic carbocycles. The molecule has 0 amide bonds. The number of aromatic nitrogens is 2. The van der Waals surface area contributed by atoms with E-state index in [9.17, 15) is 4.39 Å². The third-order valence-corrected chi connectivity index (χ3v) is 2.65. The van der Waals surface area contributed by atoms with Gasteiger partial charge in [0, 0.05) is 18.8 Å². The highest BCUT2D eigenvalue weighted by Crippen LogP contribution is 2.22. The van der Waals surface area contributed by atoms with Gasteiger partial charge in [-0.25, -0.2) is 4.39 Å². The summed E-state index contributed by atoms with van der Waals surface area (Å²) in [5.74, 6) is -0.236. The monoisotopic (exact) mass is 219 g/mol. The lowest BCUT2D eigenvalue weighted by molar-refractivity contribution is 0.624. The van der Waals surface area contributed by atoms with Crippen LogP contribution in [-0.2, 0) is 7.05 Å². The summed E-state index contributed by atoms with van der Waals surface area (Å²) in [4.78, 5) is 0. The maximum atomic E-state index is 13.0. The fraction of sp³-hybridized carbons (Fsp3) is 0.250. The molecule has 84 valence electrons. The average molecular weight is 219 g/mol. The molecule has 1 aromatic carbocycles. The third-order valence-electron chi connectivity index (χ3n) is 2.65. The van der Waals surface area contributed by atoms with Crippen molar-refractivity contribution in [3.8, 4) is 0 Å². The Labute approximate surface area is 93.7 Å². The third kappa shape index (κ3) is 1.97. The van der Waals surface area contributed by atoms with Gasteiger partial charge in [-0.05, 0) is 30.2 Å². The van der Waals surface area contributed by atoms with Crippen molar-refractivity contribution in [2.45, 2.75) is 13.0 Å². The predicted octanol–water partition coefficient (Wildman–Crippen LogP) is 1.92. The fourth-order valence-corrected chi connectivity index (χ4v) is 1.77. The van der Waals surface area contributed by atoms with Crippen LogP contribution in [0.5, 0.6) is 0 Å². The zero-order valence-corrected chi connectivity index (χ0v) is 9.31. The van der Waals surface area contributed by atoms with E-state index < -0.39 is 0 Å². The van der Waals surface area contributed by atoms with Crippen molar-refractivity contribution in [1.82, 2.24) is 9.78 Å². The van der Waals surface area contributed by atoms with E-state index in [0.717, 1.165) is 16.7 Å². The lowest BCUT2D eigenvalue weighted by atomic mass is 9.98. The van der Waals surface area contributed by atoms with Crippen LogP contribution in [0.1, 0.15) is 22.7 Å². The summed E-state index contributed by atoms with van der Waals surface area (Å²) < 4.78 is 14.7. The summed E-state index contributed by atoms with van der Waals surface area (Å²) in [6, 6.07) is 4.39. The molecular weight excluding hydrogens is 205 g/mol. The maximum absolute atomic E-state index is 13.0. The lowest BCUT2D eigenvalue weighted by Crippen LogP contribution is -2.12. The quantitative estimate of drug-likeness (QED) is 0.838. The number of hydrogen-bond donors (Lipinski definition) is 1. The molecule has 1 unspecified atom stereocenters. The van der Waals surface area contributed by atoms with Gasteiger partial charge in [0.15, 0.2) is 0 Å². The van der Waals surface area contributed by atoms with E-state index in [1.54, 1.807) is 16.9 Å². The number of halogens is 1. The zero-order chi connectivity index (χ0) is 11.7. The minimum atomic E-state index is -0.255. The van der Waals surface area contributed by atoms with E-state index in [0.29, 0.717) is 0 Å². The first-order valence-electron chi connectivity index (χ1n) is 5.08. The van der Waals surface area contributed by atoms with Crippen LogP contribution in [0.3, 0.4) is 0 Å². The first-order valence-corrected chi connectivity index (χ1v) is 5.08. The molecule has 0 aliphatic rings. The van der Waals surface area contributed by atoms with Crippen LogP contribution in [0.4, 0.5) is 4.39 Å². The van der Waals surface area contributed by atoms with Gasteiger partial charge in [-0.2, -0.15) is 5.10 Å². The van der Waals surface area contributed by atoms with Crippen molar-refractivity contribution in [2.24, 2.45) is 12.8 Å². The van der Waals surface area contributed by atoms with E-state index in [1.807, 2.05) is 20.2 Å². The van der Waals surface area contributed by atoms with Gasteiger partial charge in [-0.15, -0.1) is 0 Å². The summed E-state index contributed by atoms with van der Waals surface area (Å²) in [6.07, 6.45) is 3.60. The number of rotatable bonds is 2. The second kappa shape index (κ2) is 4.06. The molecule has 1 aromatic heterocycles. The SMILES string of the molecule is Cc1cc(F)ccc1C(N)c1cnn(C)c1. The van der Waals surface area contributed by atoms with E-state index in [-0.39, 0.29) is 11.9 Å². The lowest BCUT2D eigenvalue weighted by Gasteiger charge is -2.12. The Kier molecular flexibility index (Phi) is 2.75. The molecule has 2 aromatic rings. The topological polar surface area (TPSA) is 43.8 Å². The molecular formula is C12H14FN3. The zero-order valence-electron chi connectivity index (χ0n) is 9.31. The molecule has 1 atom stereocenters. The van der Waals surface area contributed by atoms with Crippen molar-refractivity contribution in [2.75, 3.05) is 0 Å². The minimum absolute atomic E-state index is 0.236. The van der Waals surface area contributed by atoms with Crippen molar-refractivity contribution in [3.05, 3.63) is 53.1 Å². The fourth-order valence-electron chi connectivity index (χ4n) is 1.77. The molecule has 2 rings (SSSR count). The summed E-state index contributed by atoms with van der Waals surface area (Å²) in [5.41, 5.74) is 8.82. The highest BCUT2D eigenvalue weighted by molar-refractivity contribution is 5.35. The number of nitrogens with zero attached hydrogens (tertiary/aromatic N) is 2. The number of aryl methyl sites for hydroxylation is 2. The summed E-state index contributed by atoms with van der Waals surface area (Å²) >= 11 is 0. The van der Waals surface area contributed by atoms with Crippen LogP contribution < -0.4 is 5.73 Å². The highest BCUT2D eigenvalue weighted by Gasteiger charge is 2.13. The van der Waals surface area contributed by atoms with E-state index in [4.69, 9.17) is 5.73 Å². The number of nitrogens with two attached hydrogens (primary N) is 1. The molecule has 0 aliphatic heterocycles. The van der Waals surface area contributed by atoms with Gasteiger partial charge in [-0.1, -0.05) is 6.07 Å². The van der Waals surface area contributed by atoms with Gasteiger partial charge in [-0.3, -0.25) is 4.68 Å². The first kappa shape index (κ1) is 10.8. The van der Waals surface area contributed by atoms with Gasteiger partial charge in [0.2, 0.25) is 0 Å². The molecule has 0 bridgehead atoms. The Morgan fingerprint density at radius 3 is 2.75 bits per heavy atom. The first-order chi connectivity index (χ1) is 7.58. The van der Waals surface area contributed by atoms with Crippen molar-refractivity contribution in [1.29, 1.82) is 0 Å². The molecule has 0 spiro atoms. The van der Waals surface area contributed by atoms with Crippen molar-refractivity contribution < 1.29 is 4.39 Å². The minimum Gasteiger partial charge on any atom is -0.320 e. The van der Waals surface area contributed by atoms with Gasteiger partial charge in [0.05, 0.1) is 12.2 Å². The summed E-state index contributed by atoms with van der Waals surface area (Å²) in [7, 11) is 1.84. The van der Waals surface area contributed by atoms with Crippen molar-refractivity contribution >= 4 is 0 Å². The molecule has 0 saturated carbocycles. The van der Waals surface area contributed by atoms with Gasteiger partial charge < -0.3 is 5.73 Å². The van der Waals surface area contributed by atoms with E-state index in [2.05, 4.69) is 5.10 Å². The maximum Gasteiger partial charge on any atom is 0.123 e. The van der Waals surface area contributed by atoms with Crippen LogP contribution in [0.15, 0.2) is 30.6 Å². The molecule has 0 fully saturated rings. The van der Waals surface area contributed by atoms with E-state index in [1.165, 1.54) is 12.1 Å². The Bertz CT molecular complexity index is 505. The van der Waals surface area contributed by atoms with Crippen LogP contribution in [0, 0.1) is 12.7 Å². The summed E-state index contributed by atoms with van der Waals surface area (Å²) in [6.45, 7) is 1.86. The van der Waals surface area contributed by atoms with Gasteiger partial charge >= 0.3 is 0 Å². The van der Waals surface area contributed by atoms with Gasteiger partial charge in [0.1, 0.15) is 5.82 Å². The predicted molar refractivity (Wildman–Crippen MR) is 60.4 cm³/mol. The standard InChI is InChI=1S/C12H14FN3/c1-8-5-10(13)3-4-11(8)12(14)9-6-15-16(2)7-9/h3-7,12H,14H2,1-2H3. The molecule has 4 heteroatoms. The molecule has 1 heterocycles. The Balaban J connectivity index is 2.37. The normalized spacial score (nSPS) is 12.8. The molecule has 0 radical (unpaired) electrons. The average Bonchev–Trinajstić information content (AvgIpc) is 2.64. The smallest absolute Gasteiger partial charge is 0.123 e. The van der Waals surface area contributed by atoms with Crippen LogP contribution >= 0.6 is 0 Å².